The van der Waals surface area contributed by atoms with E-state index in [1.165, 1.54) is 11.1 Å². The van der Waals surface area contributed by atoms with E-state index >= 15 is 0 Å². The van der Waals surface area contributed by atoms with Gasteiger partial charge in [0, 0.05) is 57.9 Å². The maximum atomic E-state index is 5.80. The molecule has 0 atom stereocenters. The van der Waals surface area contributed by atoms with E-state index in [9.17, 15) is 0 Å². The summed E-state index contributed by atoms with van der Waals surface area (Å²) < 4.78 is 75.8. The van der Waals surface area contributed by atoms with Crippen LogP contribution in [0.4, 0.5) is 0 Å². The Hall–Kier alpha value is -2.44. The van der Waals surface area contributed by atoms with Crippen molar-refractivity contribution in [2.75, 3.05) is 172 Å². The van der Waals surface area contributed by atoms with E-state index in [0.29, 0.717) is 145 Å². The van der Waals surface area contributed by atoms with Gasteiger partial charge in [0.05, 0.1) is 132 Å². The third-order valence-electron chi connectivity index (χ3n) is 8.72. The molecule has 0 heterocycles. The predicted octanol–water partition coefficient (Wildman–Crippen LogP) is 6.82. The summed E-state index contributed by atoms with van der Waals surface area (Å²) in [5, 5.41) is 0. The van der Waals surface area contributed by atoms with Gasteiger partial charge in [-0.3, -0.25) is 0 Å². The molecule has 14 heteroatoms. The standard InChI is InChI=1S/C25H36O4.C22H46O10/c1-5-26-17-7-19-28-23-13-9-21(10-14-23)25(3,4)22-11-15-24(16-12-22)29-20-8-18-27-6-2;1-3-23-5-7-25-9-11-27-13-15-29-17-19-31-21-22-32-20-18-30-16-14-28-12-10-26-8-6-24-4-2/h9-16H,5-8,17-20H2,1-4H3;3-22H2,1-2H3. The van der Waals surface area contributed by atoms with Crippen molar-refractivity contribution in [2.24, 2.45) is 0 Å². The van der Waals surface area contributed by atoms with E-state index in [4.69, 9.17) is 66.3 Å². The molecule has 0 radical (unpaired) electrons. The van der Waals surface area contributed by atoms with Crippen LogP contribution in [0.2, 0.25) is 0 Å². The zero-order valence-electron chi connectivity index (χ0n) is 38.6. The molecule has 0 aliphatic heterocycles. The molecule has 0 spiro atoms. The fraction of sp³-hybridized carbons (Fsp3) is 0.745. The van der Waals surface area contributed by atoms with Crippen LogP contribution in [0.3, 0.4) is 0 Å². The monoisotopic (exact) mass is 871 g/mol. The fourth-order valence-electron chi connectivity index (χ4n) is 5.26. The number of hydrogen-bond acceptors (Lipinski definition) is 14. The molecule has 0 aromatic heterocycles. The van der Waals surface area contributed by atoms with Crippen LogP contribution < -0.4 is 9.47 Å². The molecule has 354 valence electrons. The molecule has 0 aliphatic carbocycles. The average molecular weight is 871 g/mol. The van der Waals surface area contributed by atoms with Crippen molar-refractivity contribution in [1.29, 1.82) is 0 Å². The summed E-state index contributed by atoms with van der Waals surface area (Å²) in [5.41, 5.74) is 2.41. The highest BCUT2D eigenvalue weighted by molar-refractivity contribution is 5.41. The predicted molar refractivity (Wildman–Crippen MR) is 238 cm³/mol. The van der Waals surface area contributed by atoms with Crippen molar-refractivity contribution in [1.82, 2.24) is 0 Å². The highest BCUT2D eigenvalue weighted by Gasteiger charge is 2.23. The summed E-state index contributed by atoms with van der Waals surface area (Å²) in [5.74, 6) is 1.80. The largest absolute Gasteiger partial charge is 0.494 e. The Kier molecular flexibility index (Phi) is 39.7. The van der Waals surface area contributed by atoms with Gasteiger partial charge in [0.1, 0.15) is 11.5 Å². The van der Waals surface area contributed by atoms with Gasteiger partial charge in [-0.05, 0) is 63.1 Å². The maximum Gasteiger partial charge on any atom is 0.119 e. The molecule has 0 aliphatic rings. The molecule has 2 rings (SSSR count). The molecular formula is C47H82O14. The van der Waals surface area contributed by atoms with Crippen LogP contribution >= 0.6 is 0 Å². The lowest BCUT2D eigenvalue weighted by Gasteiger charge is -2.26. The first kappa shape index (κ1) is 56.6. The Morgan fingerprint density at radius 1 is 0.279 bits per heavy atom. The Morgan fingerprint density at radius 3 is 0.721 bits per heavy atom. The van der Waals surface area contributed by atoms with Crippen LogP contribution in [0.15, 0.2) is 48.5 Å². The summed E-state index contributed by atoms with van der Waals surface area (Å²) >= 11 is 0. The van der Waals surface area contributed by atoms with Gasteiger partial charge >= 0.3 is 0 Å². The van der Waals surface area contributed by atoms with Gasteiger partial charge in [-0.15, -0.1) is 0 Å². The average Bonchev–Trinajstić information content (AvgIpc) is 3.28. The van der Waals surface area contributed by atoms with E-state index in [2.05, 4.69) is 38.1 Å². The minimum Gasteiger partial charge on any atom is -0.494 e. The summed E-state index contributed by atoms with van der Waals surface area (Å²) in [4.78, 5) is 0. The van der Waals surface area contributed by atoms with E-state index in [-0.39, 0.29) is 5.41 Å². The van der Waals surface area contributed by atoms with Crippen LogP contribution in [0, 0.1) is 0 Å². The van der Waals surface area contributed by atoms with Gasteiger partial charge in [0.15, 0.2) is 0 Å². The van der Waals surface area contributed by atoms with E-state index in [1.807, 2.05) is 52.0 Å². The van der Waals surface area contributed by atoms with E-state index in [1.54, 1.807) is 0 Å². The van der Waals surface area contributed by atoms with Crippen molar-refractivity contribution in [3.63, 3.8) is 0 Å². The molecule has 14 nitrogen and oxygen atoms in total. The highest BCUT2D eigenvalue weighted by atomic mass is 16.6. The molecular weight excluding hydrogens is 789 g/mol. The summed E-state index contributed by atoms with van der Waals surface area (Å²) in [7, 11) is 0. The molecule has 0 N–H and O–H groups in total. The maximum absolute atomic E-state index is 5.80. The van der Waals surface area contributed by atoms with E-state index in [0.717, 1.165) is 50.8 Å². The molecule has 61 heavy (non-hydrogen) atoms. The summed E-state index contributed by atoms with van der Waals surface area (Å²) in [6, 6.07) is 16.8. The second-order valence-electron chi connectivity index (χ2n) is 13.8. The highest BCUT2D eigenvalue weighted by Crippen LogP contribution is 2.33. The molecule has 0 amide bonds. The molecule has 0 saturated heterocycles. The summed E-state index contributed by atoms with van der Waals surface area (Å²) in [6.45, 7) is 28.3. The minimum atomic E-state index is -0.0962. The van der Waals surface area contributed by atoms with Crippen LogP contribution in [-0.4, -0.2) is 172 Å². The third-order valence-corrected chi connectivity index (χ3v) is 8.72. The molecule has 0 unspecified atom stereocenters. The second-order valence-corrected chi connectivity index (χ2v) is 13.8. The number of benzene rings is 2. The third kappa shape index (κ3) is 33.7. The Morgan fingerprint density at radius 2 is 0.492 bits per heavy atom. The smallest absolute Gasteiger partial charge is 0.119 e. The number of hydrogen-bond donors (Lipinski definition) is 0. The van der Waals surface area contributed by atoms with Crippen LogP contribution in [0.5, 0.6) is 11.5 Å². The fourth-order valence-corrected chi connectivity index (χ4v) is 5.26. The zero-order chi connectivity index (χ0) is 44.2. The van der Waals surface area contributed by atoms with Gasteiger partial charge in [0.2, 0.25) is 0 Å². The van der Waals surface area contributed by atoms with Gasteiger partial charge in [-0.2, -0.15) is 0 Å². The zero-order valence-corrected chi connectivity index (χ0v) is 38.6. The first-order chi connectivity index (χ1) is 30.0. The lowest BCUT2D eigenvalue weighted by Crippen LogP contribution is -2.18. The van der Waals surface area contributed by atoms with Gasteiger partial charge in [-0.25, -0.2) is 0 Å². The SMILES string of the molecule is CCOCCCOc1ccc(C(C)(C)c2ccc(OCCCOCC)cc2)cc1.CCOCCOCCOCCOCCOCCOCCOCCOCCOCCOCC. The van der Waals surface area contributed by atoms with Gasteiger partial charge in [0.25, 0.3) is 0 Å². The normalized spacial score (nSPS) is 11.4. The summed E-state index contributed by atoms with van der Waals surface area (Å²) in [6.07, 6.45) is 1.81. The topological polar surface area (TPSA) is 129 Å². The molecule has 0 bridgehead atoms. The first-order valence-electron chi connectivity index (χ1n) is 22.4. The minimum absolute atomic E-state index is 0.0962. The molecule has 0 saturated carbocycles. The van der Waals surface area contributed by atoms with Gasteiger partial charge in [-0.1, -0.05) is 38.1 Å². The van der Waals surface area contributed by atoms with Crippen molar-refractivity contribution >= 4 is 0 Å². The van der Waals surface area contributed by atoms with Crippen molar-refractivity contribution in [2.45, 2.75) is 59.8 Å². The number of ether oxygens (including phenoxy) is 14. The van der Waals surface area contributed by atoms with Gasteiger partial charge < -0.3 is 66.3 Å². The Balaban J connectivity index is 0.000000612. The Labute approximate surface area is 368 Å². The Bertz CT molecular complexity index is 1080. The van der Waals surface area contributed by atoms with Crippen LogP contribution in [0.1, 0.15) is 65.5 Å². The number of rotatable bonds is 43. The van der Waals surface area contributed by atoms with Crippen LogP contribution in [0.25, 0.3) is 0 Å². The van der Waals surface area contributed by atoms with E-state index < -0.39 is 0 Å². The lowest BCUT2D eigenvalue weighted by molar-refractivity contribution is -0.0261. The quantitative estimate of drug-likeness (QED) is 0.0647. The van der Waals surface area contributed by atoms with Crippen molar-refractivity contribution in [3.05, 3.63) is 59.7 Å². The second kappa shape index (κ2) is 42.8. The van der Waals surface area contributed by atoms with Crippen molar-refractivity contribution < 1.29 is 66.3 Å². The van der Waals surface area contributed by atoms with Crippen LogP contribution in [-0.2, 0) is 62.3 Å². The first-order valence-corrected chi connectivity index (χ1v) is 22.4. The molecule has 2 aromatic carbocycles. The molecule has 0 fully saturated rings. The molecule has 2 aromatic rings. The lowest BCUT2D eigenvalue weighted by atomic mass is 9.78. The van der Waals surface area contributed by atoms with Crippen molar-refractivity contribution in [3.8, 4) is 11.5 Å².